The third-order valence-corrected chi connectivity index (χ3v) is 4.43. The fraction of sp³-hybridized carbons (Fsp3) is 0.500. The lowest BCUT2D eigenvalue weighted by Gasteiger charge is -2.32. The lowest BCUT2D eigenvalue weighted by molar-refractivity contribution is 0.0522. The van der Waals surface area contributed by atoms with Crippen LogP contribution in [0.15, 0.2) is 12.4 Å². The lowest BCUT2D eigenvalue weighted by Crippen LogP contribution is -2.44. The Morgan fingerprint density at radius 3 is 2.83 bits per heavy atom. The molecule has 0 aromatic carbocycles. The topological polar surface area (TPSA) is 90.3 Å². The molecule has 1 unspecified atom stereocenters. The van der Waals surface area contributed by atoms with Crippen molar-refractivity contribution in [1.29, 1.82) is 0 Å². The average Bonchev–Trinajstić information content (AvgIpc) is 3.01. The van der Waals surface area contributed by atoms with Gasteiger partial charge in [-0.2, -0.15) is 0 Å². The van der Waals surface area contributed by atoms with E-state index in [0.29, 0.717) is 35.4 Å². The molecule has 1 amide bonds. The Hall–Kier alpha value is -2.29. The number of aryl methyl sites for hydroxylation is 1. The third kappa shape index (κ3) is 3.39. The van der Waals surface area contributed by atoms with Crippen LogP contribution in [0.3, 0.4) is 0 Å². The smallest absolute Gasteiger partial charge is 0.278 e. The Morgan fingerprint density at radius 1 is 1.35 bits per heavy atom. The van der Waals surface area contributed by atoms with Crippen molar-refractivity contribution in [2.24, 2.45) is 0 Å². The maximum Gasteiger partial charge on any atom is 0.278 e. The van der Waals surface area contributed by atoms with Gasteiger partial charge in [0, 0.05) is 18.9 Å². The van der Waals surface area contributed by atoms with Gasteiger partial charge in [0.25, 0.3) is 17.7 Å². The Bertz CT molecular complexity index is 693. The number of amides is 1. The van der Waals surface area contributed by atoms with Crippen LogP contribution in [0.5, 0.6) is 11.8 Å². The van der Waals surface area contributed by atoms with Gasteiger partial charge >= 0.3 is 0 Å². The first kappa shape index (κ1) is 15.6. The molecule has 0 spiro atoms. The van der Waals surface area contributed by atoms with Crippen LogP contribution in [-0.2, 0) is 0 Å². The molecular weight excluding hydrogens is 318 g/mol. The molecule has 1 fully saturated rings. The first-order chi connectivity index (χ1) is 11.2. The summed E-state index contributed by atoms with van der Waals surface area (Å²) >= 11 is 1.13. The van der Waals surface area contributed by atoms with Gasteiger partial charge < -0.3 is 14.4 Å². The molecule has 2 aromatic rings. The number of hydrogen-bond donors (Lipinski definition) is 0. The second-order valence-corrected chi connectivity index (χ2v) is 5.95. The van der Waals surface area contributed by atoms with Gasteiger partial charge in [-0.3, -0.25) is 4.79 Å². The zero-order chi connectivity index (χ0) is 16.2. The standard InChI is InChI=1S/C14H17N5O3S/c1-9-11(23-18-17-9)14(20)19-7-3-4-10(8-19)22-13-12(21-2)15-5-6-16-13/h5-6,10H,3-4,7-8H2,1-2H3. The predicted molar refractivity (Wildman–Crippen MR) is 82.8 cm³/mol. The molecule has 3 heterocycles. The highest BCUT2D eigenvalue weighted by atomic mass is 32.1. The van der Waals surface area contributed by atoms with Crippen LogP contribution in [0.25, 0.3) is 0 Å². The highest BCUT2D eigenvalue weighted by molar-refractivity contribution is 7.07. The fourth-order valence-corrected chi connectivity index (χ4v) is 3.11. The number of carbonyl (C=O) groups excluding carboxylic acids is 1. The molecule has 3 rings (SSSR count). The van der Waals surface area contributed by atoms with Crippen molar-refractivity contribution >= 4 is 17.4 Å². The first-order valence-corrected chi connectivity index (χ1v) is 8.06. The molecule has 8 nitrogen and oxygen atoms in total. The molecule has 0 N–H and O–H groups in total. The molecule has 1 aliphatic heterocycles. The zero-order valence-electron chi connectivity index (χ0n) is 12.9. The van der Waals surface area contributed by atoms with Crippen LogP contribution in [0.1, 0.15) is 28.2 Å². The number of nitrogens with zero attached hydrogens (tertiary/aromatic N) is 5. The summed E-state index contributed by atoms with van der Waals surface area (Å²) in [4.78, 5) is 23.1. The SMILES string of the molecule is COc1nccnc1OC1CCCN(C(=O)c2snnc2C)C1. The van der Waals surface area contributed by atoms with Crippen LogP contribution >= 0.6 is 11.5 Å². The van der Waals surface area contributed by atoms with E-state index in [1.807, 2.05) is 0 Å². The molecule has 2 aromatic heterocycles. The van der Waals surface area contributed by atoms with E-state index in [4.69, 9.17) is 9.47 Å². The number of ether oxygens (including phenoxy) is 2. The number of aromatic nitrogens is 4. The number of carbonyl (C=O) groups is 1. The summed E-state index contributed by atoms with van der Waals surface area (Å²) in [5, 5.41) is 3.90. The molecule has 0 radical (unpaired) electrons. The second-order valence-electron chi connectivity index (χ2n) is 5.19. The molecule has 1 atom stereocenters. The van der Waals surface area contributed by atoms with Crippen molar-refractivity contribution in [2.45, 2.75) is 25.9 Å². The van der Waals surface area contributed by atoms with Gasteiger partial charge in [-0.1, -0.05) is 4.49 Å². The summed E-state index contributed by atoms with van der Waals surface area (Å²) in [5.74, 6) is 0.653. The summed E-state index contributed by atoms with van der Waals surface area (Å²) in [6, 6.07) is 0. The monoisotopic (exact) mass is 335 g/mol. The summed E-state index contributed by atoms with van der Waals surface area (Å²) in [6.45, 7) is 2.99. The maximum absolute atomic E-state index is 12.6. The largest absolute Gasteiger partial charge is 0.477 e. The van der Waals surface area contributed by atoms with Crippen LogP contribution in [-0.4, -0.2) is 56.7 Å². The van der Waals surface area contributed by atoms with Gasteiger partial charge in [0.05, 0.1) is 19.3 Å². The van der Waals surface area contributed by atoms with E-state index in [-0.39, 0.29) is 12.0 Å². The Morgan fingerprint density at radius 2 is 2.13 bits per heavy atom. The van der Waals surface area contributed by atoms with Gasteiger partial charge in [-0.25, -0.2) is 9.97 Å². The number of methoxy groups -OCH3 is 1. The van der Waals surface area contributed by atoms with Gasteiger partial charge in [-0.15, -0.1) is 5.10 Å². The molecular formula is C14H17N5O3S. The van der Waals surface area contributed by atoms with E-state index < -0.39 is 0 Å². The van der Waals surface area contributed by atoms with Crippen LogP contribution in [0, 0.1) is 6.92 Å². The average molecular weight is 335 g/mol. The number of piperidine rings is 1. The van der Waals surface area contributed by atoms with E-state index >= 15 is 0 Å². The van der Waals surface area contributed by atoms with Crippen molar-refractivity contribution in [3.63, 3.8) is 0 Å². The Balaban J connectivity index is 1.69. The molecule has 1 aliphatic rings. The molecule has 1 saturated heterocycles. The summed E-state index contributed by atoms with van der Waals surface area (Å²) in [7, 11) is 1.52. The minimum atomic E-state index is -0.139. The summed E-state index contributed by atoms with van der Waals surface area (Å²) < 4.78 is 14.9. The molecule has 0 aliphatic carbocycles. The highest BCUT2D eigenvalue weighted by Gasteiger charge is 2.28. The van der Waals surface area contributed by atoms with E-state index in [0.717, 1.165) is 24.4 Å². The van der Waals surface area contributed by atoms with Gasteiger partial charge in [0.1, 0.15) is 11.0 Å². The summed E-state index contributed by atoms with van der Waals surface area (Å²) in [6.07, 6.45) is 4.67. The van der Waals surface area contributed by atoms with Crippen LogP contribution < -0.4 is 9.47 Å². The van der Waals surface area contributed by atoms with Crippen LogP contribution in [0.2, 0.25) is 0 Å². The highest BCUT2D eigenvalue weighted by Crippen LogP contribution is 2.25. The molecule has 9 heteroatoms. The van der Waals surface area contributed by atoms with Crippen molar-refractivity contribution in [2.75, 3.05) is 20.2 Å². The van der Waals surface area contributed by atoms with Gasteiger partial charge in [0.2, 0.25) is 0 Å². The van der Waals surface area contributed by atoms with Gasteiger partial charge in [-0.05, 0) is 31.3 Å². The lowest BCUT2D eigenvalue weighted by atomic mass is 10.1. The van der Waals surface area contributed by atoms with Crippen molar-refractivity contribution in [1.82, 2.24) is 24.5 Å². The van der Waals surface area contributed by atoms with Gasteiger partial charge in [0.15, 0.2) is 0 Å². The molecule has 0 saturated carbocycles. The van der Waals surface area contributed by atoms with Crippen molar-refractivity contribution < 1.29 is 14.3 Å². The Kier molecular flexibility index (Phi) is 4.65. The number of rotatable bonds is 4. The van der Waals surface area contributed by atoms with Crippen molar-refractivity contribution in [3.8, 4) is 11.8 Å². The first-order valence-electron chi connectivity index (χ1n) is 7.29. The minimum Gasteiger partial charge on any atom is -0.477 e. The van der Waals surface area contributed by atoms with E-state index in [1.54, 1.807) is 24.2 Å². The predicted octanol–water partition coefficient (Wildman–Crippen LogP) is 1.33. The number of hydrogen-bond acceptors (Lipinski definition) is 8. The van der Waals surface area contributed by atoms with E-state index in [1.165, 1.54) is 7.11 Å². The van der Waals surface area contributed by atoms with Crippen molar-refractivity contribution in [3.05, 3.63) is 23.0 Å². The third-order valence-electron chi connectivity index (χ3n) is 3.62. The molecule has 0 bridgehead atoms. The quantitative estimate of drug-likeness (QED) is 0.832. The molecule has 122 valence electrons. The summed E-state index contributed by atoms with van der Waals surface area (Å²) in [5.41, 5.74) is 0.665. The Labute approximate surface area is 137 Å². The number of likely N-dealkylation sites (tertiary alicyclic amines) is 1. The van der Waals surface area contributed by atoms with E-state index in [2.05, 4.69) is 19.6 Å². The second kappa shape index (κ2) is 6.86. The van der Waals surface area contributed by atoms with E-state index in [9.17, 15) is 4.79 Å². The normalized spacial score (nSPS) is 17.8. The molecule has 23 heavy (non-hydrogen) atoms. The zero-order valence-corrected chi connectivity index (χ0v) is 13.7. The van der Waals surface area contributed by atoms with Crippen LogP contribution in [0.4, 0.5) is 0 Å². The minimum absolute atomic E-state index is 0.0445. The fourth-order valence-electron chi connectivity index (χ4n) is 2.48. The maximum atomic E-state index is 12.6.